The zero-order valence-corrected chi connectivity index (χ0v) is 12.2. The van der Waals surface area contributed by atoms with Crippen LogP contribution in [-0.2, 0) is 6.54 Å². The summed E-state index contributed by atoms with van der Waals surface area (Å²) in [4.78, 5) is 2.58. The zero-order valence-electron chi connectivity index (χ0n) is 10.6. The van der Waals surface area contributed by atoms with Gasteiger partial charge in [0.25, 0.3) is 0 Å². The zero-order chi connectivity index (χ0) is 12.3. The predicted molar refractivity (Wildman–Crippen MR) is 76.1 cm³/mol. The Morgan fingerprint density at radius 1 is 1.29 bits per heavy atom. The fourth-order valence-corrected chi connectivity index (χ4v) is 2.63. The third kappa shape index (κ3) is 3.80. The van der Waals surface area contributed by atoms with Crippen LogP contribution in [0.1, 0.15) is 25.8 Å². The van der Waals surface area contributed by atoms with E-state index in [2.05, 4.69) is 64.3 Å². The van der Waals surface area contributed by atoms with Crippen molar-refractivity contribution in [2.24, 2.45) is 0 Å². The van der Waals surface area contributed by atoms with Crippen LogP contribution in [0.25, 0.3) is 0 Å². The minimum absolute atomic E-state index is 0.593. The molecule has 0 saturated carbocycles. The molecule has 1 fully saturated rings. The molecule has 2 nitrogen and oxygen atoms in total. The first-order chi connectivity index (χ1) is 8.15. The average molecular weight is 297 g/mol. The summed E-state index contributed by atoms with van der Waals surface area (Å²) in [5.74, 6) is 0. The first kappa shape index (κ1) is 13.1. The third-order valence-corrected chi connectivity index (χ3v) is 4.01. The number of nitrogens with zero attached hydrogens (tertiary/aromatic N) is 1. The van der Waals surface area contributed by atoms with Gasteiger partial charge in [-0.25, -0.2) is 0 Å². The van der Waals surface area contributed by atoms with E-state index >= 15 is 0 Å². The summed E-state index contributed by atoms with van der Waals surface area (Å²) in [5.41, 5.74) is 1.40. The first-order valence-electron chi connectivity index (χ1n) is 6.37. The van der Waals surface area contributed by atoms with Crippen LogP contribution in [-0.4, -0.2) is 30.1 Å². The average Bonchev–Trinajstić information content (AvgIpc) is 2.45. The van der Waals surface area contributed by atoms with E-state index < -0.39 is 0 Å². The molecule has 2 atom stereocenters. The molecular weight excluding hydrogens is 276 g/mol. The maximum absolute atomic E-state index is 3.55. The SMILES string of the molecule is CC1CN(Cc2ccc(Br)cc2)C(C)CCN1. The number of benzene rings is 1. The maximum atomic E-state index is 3.55. The molecule has 1 aromatic rings. The van der Waals surface area contributed by atoms with E-state index in [0.29, 0.717) is 12.1 Å². The molecule has 1 aromatic carbocycles. The molecule has 2 rings (SSSR count). The summed E-state index contributed by atoms with van der Waals surface area (Å²) in [6.45, 7) is 7.93. The molecule has 1 saturated heterocycles. The summed E-state index contributed by atoms with van der Waals surface area (Å²) in [6.07, 6.45) is 1.24. The van der Waals surface area contributed by atoms with Gasteiger partial charge < -0.3 is 5.32 Å². The van der Waals surface area contributed by atoms with Crippen LogP contribution in [0.2, 0.25) is 0 Å². The standard InChI is InChI=1S/C14H21BrN2/c1-11-9-17(12(2)7-8-16-11)10-13-3-5-14(15)6-4-13/h3-6,11-12,16H,7-10H2,1-2H3. The Morgan fingerprint density at radius 3 is 2.71 bits per heavy atom. The van der Waals surface area contributed by atoms with Crippen LogP contribution in [0.15, 0.2) is 28.7 Å². The fourth-order valence-electron chi connectivity index (χ4n) is 2.36. The molecule has 1 heterocycles. The Bertz CT molecular complexity index is 350. The van der Waals surface area contributed by atoms with E-state index in [1.165, 1.54) is 12.0 Å². The fraction of sp³-hybridized carbons (Fsp3) is 0.571. The summed E-state index contributed by atoms with van der Waals surface area (Å²) < 4.78 is 1.15. The second-order valence-corrected chi connectivity index (χ2v) is 5.96. The van der Waals surface area contributed by atoms with Gasteiger partial charge in [0, 0.05) is 29.6 Å². The van der Waals surface area contributed by atoms with Gasteiger partial charge in [-0.05, 0) is 44.5 Å². The Balaban J connectivity index is 2.02. The lowest BCUT2D eigenvalue weighted by molar-refractivity contribution is 0.199. The molecule has 3 heteroatoms. The van der Waals surface area contributed by atoms with E-state index in [0.717, 1.165) is 24.1 Å². The topological polar surface area (TPSA) is 15.3 Å². The highest BCUT2D eigenvalue weighted by Crippen LogP contribution is 2.16. The largest absolute Gasteiger partial charge is 0.313 e. The smallest absolute Gasteiger partial charge is 0.0237 e. The molecule has 17 heavy (non-hydrogen) atoms. The molecule has 0 bridgehead atoms. The molecule has 0 amide bonds. The van der Waals surface area contributed by atoms with E-state index in [-0.39, 0.29) is 0 Å². The predicted octanol–water partition coefficient (Wildman–Crippen LogP) is 3.02. The number of hydrogen-bond donors (Lipinski definition) is 1. The Hall–Kier alpha value is -0.380. The van der Waals surface area contributed by atoms with Crippen molar-refractivity contribution < 1.29 is 0 Å². The molecule has 2 unspecified atom stereocenters. The van der Waals surface area contributed by atoms with E-state index in [1.54, 1.807) is 0 Å². The molecule has 0 radical (unpaired) electrons. The second kappa shape index (κ2) is 5.98. The molecule has 1 N–H and O–H groups in total. The van der Waals surface area contributed by atoms with Gasteiger partial charge in [-0.2, -0.15) is 0 Å². The van der Waals surface area contributed by atoms with Crippen molar-refractivity contribution in [2.75, 3.05) is 13.1 Å². The van der Waals surface area contributed by atoms with E-state index in [1.807, 2.05) is 0 Å². The van der Waals surface area contributed by atoms with Crippen molar-refractivity contribution in [2.45, 2.75) is 38.9 Å². The van der Waals surface area contributed by atoms with E-state index in [4.69, 9.17) is 0 Å². The lowest BCUT2D eigenvalue weighted by Gasteiger charge is -2.28. The van der Waals surface area contributed by atoms with Crippen molar-refractivity contribution >= 4 is 15.9 Å². The van der Waals surface area contributed by atoms with Gasteiger partial charge in [0.2, 0.25) is 0 Å². The van der Waals surface area contributed by atoms with Gasteiger partial charge in [0.1, 0.15) is 0 Å². The van der Waals surface area contributed by atoms with Crippen molar-refractivity contribution in [3.8, 4) is 0 Å². The lowest BCUT2D eigenvalue weighted by Crippen LogP contribution is -2.37. The summed E-state index contributed by atoms with van der Waals surface area (Å²) in [5, 5.41) is 3.55. The van der Waals surface area contributed by atoms with Crippen LogP contribution < -0.4 is 5.32 Å². The summed E-state index contributed by atoms with van der Waals surface area (Å²) >= 11 is 3.48. The van der Waals surface area contributed by atoms with Gasteiger partial charge in [0.15, 0.2) is 0 Å². The molecule has 1 aliphatic heterocycles. The highest BCUT2D eigenvalue weighted by molar-refractivity contribution is 9.10. The van der Waals surface area contributed by atoms with Crippen LogP contribution >= 0.6 is 15.9 Å². The molecule has 0 aliphatic carbocycles. The van der Waals surface area contributed by atoms with Gasteiger partial charge in [0.05, 0.1) is 0 Å². The van der Waals surface area contributed by atoms with Gasteiger partial charge in [-0.1, -0.05) is 28.1 Å². The number of halogens is 1. The second-order valence-electron chi connectivity index (χ2n) is 5.05. The molecule has 0 spiro atoms. The van der Waals surface area contributed by atoms with Crippen LogP contribution in [0.3, 0.4) is 0 Å². The highest BCUT2D eigenvalue weighted by Gasteiger charge is 2.20. The molecule has 0 aromatic heterocycles. The number of nitrogens with one attached hydrogen (secondary N) is 1. The molecule has 94 valence electrons. The number of hydrogen-bond acceptors (Lipinski definition) is 2. The molecular formula is C14H21BrN2. The van der Waals surface area contributed by atoms with Crippen LogP contribution in [0.5, 0.6) is 0 Å². The van der Waals surface area contributed by atoms with Crippen molar-refractivity contribution in [1.82, 2.24) is 10.2 Å². The minimum Gasteiger partial charge on any atom is -0.313 e. The lowest BCUT2D eigenvalue weighted by atomic mass is 10.1. The quantitative estimate of drug-likeness (QED) is 0.902. The van der Waals surface area contributed by atoms with Crippen molar-refractivity contribution in [1.29, 1.82) is 0 Å². The number of rotatable bonds is 2. The normalized spacial score (nSPS) is 26.8. The Labute approximate surface area is 113 Å². The maximum Gasteiger partial charge on any atom is 0.0237 e. The summed E-state index contributed by atoms with van der Waals surface area (Å²) in [6, 6.07) is 9.92. The minimum atomic E-state index is 0.593. The van der Waals surface area contributed by atoms with Gasteiger partial charge >= 0.3 is 0 Å². The van der Waals surface area contributed by atoms with Crippen molar-refractivity contribution in [3.05, 3.63) is 34.3 Å². The van der Waals surface area contributed by atoms with Crippen LogP contribution in [0.4, 0.5) is 0 Å². The first-order valence-corrected chi connectivity index (χ1v) is 7.16. The summed E-state index contributed by atoms with van der Waals surface area (Å²) in [7, 11) is 0. The Kier molecular flexibility index (Phi) is 4.60. The van der Waals surface area contributed by atoms with Crippen molar-refractivity contribution in [3.63, 3.8) is 0 Å². The van der Waals surface area contributed by atoms with E-state index in [9.17, 15) is 0 Å². The van der Waals surface area contributed by atoms with Crippen LogP contribution in [0, 0.1) is 0 Å². The molecule has 1 aliphatic rings. The third-order valence-electron chi connectivity index (χ3n) is 3.49. The monoisotopic (exact) mass is 296 g/mol. The van der Waals surface area contributed by atoms with Gasteiger partial charge in [-0.3, -0.25) is 4.90 Å². The van der Waals surface area contributed by atoms with Gasteiger partial charge in [-0.15, -0.1) is 0 Å². The Morgan fingerprint density at radius 2 is 2.00 bits per heavy atom. The highest BCUT2D eigenvalue weighted by atomic mass is 79.9.